The van der Waals surface area contributed by atoms with Crippen molar-refractivity contribution in [1.82, 2.24) is 0 Å². The van der Waals surface area contributed by atoms with Crippen molar-refractivity contribution in [2.75, 3.05) is 0 Å². The summed E-state index contributed by atoms with van der Waals surface area (Å²) in [5, 5.41) is 9.14. The topological polar surface area (TPSA) is 118 Å². The van der Waals surface area contributed by atoms with Crippen molar-refractivity contribution in [2.24, 2.45) is 0 Å². The van der Waals surface area contributed by atoms with Crippen molar-refractivity contribution in [3.05, 3.63) is 12.7 Å². The molecule has 60 valence electrons. The number of carboxylic acid groups (broad SMARTS) is 1. The zero-order chi connectivity index (χ0) is 8.78. The highest BCUT2D eigenvalue weighted by atomic mass is 31.2. The smallest absolute Gasteiger partial charge is 0.466 e. The van der Waals surface area contributed by atoms with Crippen LogP contribution in [0.4, 0.5) is 0 Å². The van der Waals surface area contributed by atoms with Gasteiger partial charge in [0.25, 0.3) is 0 Å². The molecule has 0 radical (unpaired) electrons. The molecule has 0 atom stereocenters. The fourth-order valence-electron chi connectivity index (χ4n) is 0. The molecule has 3 N–H and O–H groups in total. The van der Waals surface area contributed by atoms with Crippen molar-refractivity contribution in [2.45, 2.75) is 0 Å². The van der Waals surface area contributed by atoms with Gasteiger partial charge in [-0.3, -0.25) is 0 Å². The van der Waals surface area contributed by atoms with E-state index in [1.54, 1.807) is 0 Å². The normalized spacial score (nSPS) is 9.10. The minimum Gasteiger partial charge on any atom is -0.545 e. The average molecular weight is 169 g/mol. The molecular formula is C3H6O6P-. The van der Waals surface area contributed by atoms with E-state index in [1.807, 2.05) is 0 Å². The van der Waals surface area contributed by atoms with E-state index in [4.69, 9.17) is 29.1 Å². The van der Waals surface area contributed by atoms with E-state index in [9.17, 15) is 0 Å². The van der Waals surface area contributed by atoms with Crippen LogP contribution in [0.3, 0.4) is 0 Å². The maximum absolute atomic E-state index is 9.14. The Hall–Kier alpha value is -0.680. The Morgan fingerprint density at radius 2 is 1.60 bits per heavy atom. The molecule has 0 saturated carbocycles. The lowest BCUT2D eigenvalue weighted by Gasteiger charge is -1.82. The van der Waals surface area contributed by atoms with Gasteiger partial charge in [0.05, 0.1) is 5.97 Å². The van der Waals surface area contributed by atoms with Gasteiger partial charge < -0.3 is 24.6 Å². The van der Waals surface area contributed by atoms with Gasteiger partial charge in [-0.2, -0.15) is 0 Å². The summed E-state index contributed by atoms with van der Waals surface area (Å²) < 4.78 is 8.88. The maximum Gasteiger partial charge on any atom is 0.466 e. The Morgan fingerprint density at radius 1 is 1.50 bits per heavy atom. The number of rotatable bonds is 1. The van der Waals surface area contributed by atoms with Crippen molar-refractivity contribution in [1.29, 1.82) is 0 Å². The third-order valence-corrected chi connectivity index (χ3v) is 0.167. The zero-order valence-corrected chi connectivity index (χ0v) is 5.69. The van der Waals surface area contributed by atoms with Crippen molar-refractivity contribution >= 4 is 13.8 Å². The Balaban J connectivity index is 0. The highest BCUT2D eigenvalue weighted by molar-refractivity contribution is 7.45. The molecule has 0 amide bonds. The number of carbonyl (C=O) groups is 1. The summed E-state index contributed by atoms with van der Waals surface area (Å²) in [4.78, 5) is 30.7. The Bertz CT molecular complexity index is 148. The molecular weight excluding hydrogens is 163 g/mol. The quantitative estimate of drug-likeness (QED) is 0.308. The second kappa shape index (κ2) is 5.13. The Labute approximate surface area is 56.7 Å². The van der Waals surface area contributed by atoms with Crippen molar-refractivity contribution in [3.63, 3.8) is 0 Å². The van der Waals surface area contributed by atoms with Crippen molar-refractivity contribution in [3.8, 4) is 0 Å². The van der Waals surface area contributed by atoms with Gasteiger partial charge in [-0.15, -0.1) is 0 Å². The first kappa shape index (κ1) is 12.0. The molecule has 6 nitrogen and oxygen atoms in total. The molecule has 0 heterocycles. The summed E-state index contributed by atoms with van der Waals surface area (Å²) in [7, 11) is -4.64. The lowest BCUT2D eigenvalue weighted by molar-refractivity contribution is -0.297. The van der Waals surface area contributed by atoms with Crippen LogP contribution in [0.2, 0.25) is 0 Å². The fraction of sp³-hybridized carbons (Fsp3) is 0. The van der Waals surface area contributed by atoms with E-state index in [0.717, 1.165) is 6.08 Å². The van der Waals surface area contributed by atoms with Gasteiger partial charge in [0.1, 0.15) is 0 Å². The van der Waals surface area contributed by atoms with Crippen LogP contribution in [0.1, 0.15) is 0 Å². The first-order valence-electron chi connectivity index (χ1n) is 1.89. The predicted molar refractivity (Wildman–Crippen MR) is 29.5 cm³/mol. The first-order valence-corrected chi connectivity index (χ1v) is 3.45. The van der Waals surface area contributed by atoms with E-state index in [1.165, 1.54) is 0 Å². The molecule has 7 heteroatoms. The van der Waals surface area contributed by atoms with Crippen LogP contribution in [0, 0.1) is 0 Å². The molecule has 10 heavy (non-hydrogen) atoms. The molecule has 0 unspecified atom stereocenters. The molecule has 0 aliphatic carbocycles. The summed E-state index contributed by atoms with van der Waals surface area (Å²) in [5.41, 5.74) is 0. The fourth-order valence-corrected chi connectivity index (χ4v) is 0. The molecule has 0 fully saturated rings. The molecule has 0 bridgehead atoms. The van der Waals surface area contributed by atoms with Gasteiger partial charge in [-0.25, -0.2) is 4.57 Å². The summed E-state index contributed by atoms with van der Waals surface area (Å²) >= 11 is 0. The summed E-state index contributed by atoms with van der Waals surface area (Å²) in [6.45, 7) is 2.90. The number of hydrogen-bond donors (Lipinski definition) is 3. The van der Waals surface area contributed by atoms with E-state index >= 15 is 0 Å². The minimum absolute atomic E-state index is 0.722. The van der Waals surface area contributed by atoms with Crippen LogP contribution in [-0.2, 0) is 9.36 Å². The second-order valence-electron chi connectivity index (χ2n) is 1.04. The van der Waals surface area contributed by atoms with Gasteiger partial charge in [0.2, 0.25) is 0 Å². The van der Waals surface area contributed by atoms with Crippen LogP contribution >= 0.6 is 7.82 Å². The predicted octanol–water partition coefficient (Wildman–Crippen LogP) is -2.01. The molecule has 0 aromatic rings. The maximum atomic E-state index is 9.14. The van der Waals surface area contributed by atoms with Crippen LogP contribution in [-0.4, -0.2) is 20.6 Å². The van der Waals surface area contributed by atoms with Crippen LogP contribution < -0.4 is 5.11 Å². The van der Waals surface area contributed by atoms with E-state index in [-0.39, 0.29) is 0 Å². The van der Waals surface area contributed by atoms with Gasteiger partial charge in [-0.1, -0.05) is 6.58 Å². The van der Waals surface area contributed by atoms with Gasteiger partial charge >= 0.3 is 7.82 Å². The van der Waals surface area contributed by atoms with Gasteiger partial charge in [0.15, 0.2) is 0 Å². The van der Waals surface area contributed by atoms with Gasteiger partial charge in [0, 0.05) is 0 Å². The Morgan fingerprint density at radius 3 is 1.60 bits per heavy atom. The molecule has 0 aromatic heterocycles. The van der Waals surface area contributed by atoms with Gasteiger partial charge in [-0.05, 0) is 6.08 Å². The van der Waals surface area contributed by atoms with E-state index in [2.05, 4.69) is 6.58 Å². The largest absolute Gasteiger partial charge is 0.545 e. The zero-order valence-electron chi connectivity index (χ0n) is 4.80. The molecule has 0 aromatic carbocycles. The third-order valence-electron chi connectivity index (χ3n) is 0.167. The van der Waals surface area contributed by atoms with Crippen molar-refractivity contribution < 1.29 is 29.1 Å². The Kier molecular flexibility index (Phi) is 6.18. The standard InChI is InChI=1S/C3H4O2.H3O4P/c1-2-3(4)5;1-5(2,3)4/h2H,1H2,(H,4,5);(H3,1,2,3,4)/p-1. The summed E-state index contributed by atoms with van der Waals surface area (Å²) in [6.07, 6.45) is 0.722. The summed E-state index contributed by atoms with van der Waals surface area (Å²) in [5.74, 6) is -1.23. The average Bonchev–Trinajstić information content (AvgIpc) is 1.61. The SMILES string of the molecule is C=CC(=O)[O-].O=P(O)(O)O. The second-order valence-corrected chi connectivity index (χ2v) is 2.06. The first-order chi connectivity index (χ1) is 4.27. The lowest BCUT2D eigenvalue weighted by atomic mass is 10.7. The molecule has 0 saturated heterocycles. The van der Waals surface area contributed by atoms with E-state index < -0.39 is 13.8 Å². The van der Waals surface area contributed by atoms with E-state index in [0.29, 0.717) is 0 Å². The number of aliphatic carboxylic acids is 1. The number of carbonyl (C=O) groups excluding carboxylic acids is 1. The minimum atomic E-state index is -4.64. The molecule has 0 aliphatic heterocycles. The lowest BCUT2D eigenvalue weighted by Crippen LogP contribution is -2.17. The molecule has 0 spiro atoms. The van der Waals surface area contributed by atoms with Crippen LogP contribution in [0.15, 0.2) is 12.7 Å². The van der Waals surface area contributed by atoms with Crippen LogP contribution in [0.25, 0.3) is 0 Å². The number of hydrogen-bond acceptors (Lipinski definition) is 3. The molecule has 0 rings (SSSR count). The van der Waals surface area contributed by atoms with Crippen LogP contribution in [0.5, 0.6) is 0 Å². The summed E-state index contributed by atoms with van der Waals surface area (Å²) in [6, 6.07) is 0. The third kappa shape index (κ3) is 168. The number of carboxylic acids is 1. The molecule has 0 aliphatic rings. The monoisotopic (exact) mass is 169 g/mol. The number of phosphoric acid groups is 1. The highest BCUT2D eigenvalue weighted by Crippen LogP contribution is 2.25. The highest BCUT2D eigenvalue weighted by Gasteiger charge is 2.00.